The molecule has 102 valence electrons. The van der Waals surface area contributed by atoms with Crippen LogP contribution in [0.1, 0.15) is 11.3 Å². The Morgan fingerprint density at radius 2 is 2.00 bits per heavy atom. The van der Waals surface area contributed by atoms with Gasteiger partial charge in [0.2, 0.25) is 0 Å². The van der Waals surface area contributed by atoms with Gasteiger partial charge in [-0.15, -0.1) is 0 Å². The van der Waals surface area contributed by atoms with Gasteiger partial charge in [0.1, 0.15) is 0 Å². The second-order valence-corrected chi connectivity index (χ2v) is 4.85. The maximum Gasteiger partial charge on any atom is 0.417 e. The Labute approximate surface area is 112 Å². The first-order valence-electron chi connectivity index (χ1n) is 5.39. The number of aromatic nitrogens is 2. The van der Waals surface area contributed by atoms with E-state index in [4.69, 9.17) is 5.11 Å². The number of imidazole rings is 1. The highest BCUT2D eigenvalue weighted by Crippen LogP contribution is 2.38. The number of hydrogen-bond donors (Lipinski definition) is 1. The van der Waals surface area contributed by atoms with Crippen LogP contribution in [-0.4, -0.2) is 14.7 Å². The van der Waals surface area contributed by atoms with Crippen LogP contribution >= 0.6 is 11.8 Å². The van der Waals surface area contributed by atoms with Crippen LogP contribution in [0.5, 0.6) is 0 Å². The summed E-state index contributed by atoms with van der Waals surface area (Å²) in [6.07, 6.45) is -2.95. The molecule has 0 aliphatic carbocycles. The molecule has 0 saturated carbocycles. The zero-order valence-corrected chi connectivity index (χ0v) is 10.8. The summed E-state index contributed by atoms with van der Waals surface area (Å²) in [5.41, 5.74) is -0.138. The zero-order chi connectivity index (χ0) is 14.0. The van der Waals surface area contributed by atoms with Crippen LogP contribution in [0.2, 0.25) is 0 Å². The Bertz CT molecular complexity index is 581. The summed E-state index contributed by atoms with van der Waals surface area (Å²) < 4.78 is 40.1. The summed E-state index contributed by atoms with van der Waals surface area (Å²) in [6.45, 7) is -0.203. The predicted octanol–water partition coefficient (Wildman–Crippen LogP) is 3.08. The summed E-state index contributed by atoms with van der Waals surface area (Å²) >= 11 is 0.925. The van der Waals surface area contributed by atoms with Gasteiger partial charge in [0.15, 0.2) is 5.16 Å². The van der Waals surface area contributed by atoms with Crippen molar-refractivity contribution < 1.29 is 18.3 Å². The van der Waals surface area contributed by atoms with Gasteiger partial charge in [0.05, 0.1) is 24.1 Å². The lowest BCUT2D eigenvalue weighted by atomic mass is 10.2. The van der Waals surface area contributed by atoms with Crippen LogP contribution in [0.25, 0.3) is 0 Å². The minimum Gasteiger partial charge on any atom is -0.390 e. The van der Waals surface area contributed by atoms with Crippen LogP contribution in [0.15, 0.2) is 40.5 Å². The lowest BCUT2D eigenvalue weighted by Gasteiger charge is -2.12. The first-order valence-corrected chi connectivity index (χ1v) is 6.20. The highest BCUT2D eigenvalue weighted by Gasteiger charge is 2.33. The Kier molecular flexibility index (Phi) is 3.86. The van der Waals surface area contributed by atoms with E-state index in [-0.39, 0.29) is 11.5 Å². The molecule has 1 aromatic heterocycles. The predicted molar refractivity (Wildman–Crippen MR) is 64.7 cm³/mol. The Balaban J connectivity index is 2.36. The zero-order valence-electron chi connectivity index (χ0n) is 9.98. The third-order valence-electron chi connectivity index (χ3n) is 2.60. The summed E-state index contributed by atoms with van der Waals surface area (Å²) in [4.78, 5) is 4.09. The topological polar surface area (TPSA) is 38.0 Å². The van der Waals surface area contributed by atoms with Gasteiger partial charge in [0, 0.05) is 11.9 Å². The van der Waals surface area contributed by atoms with Crippen molar-refractivity contribution in [1.29, 1.82) is 0 Å². The molecule has 0 saturated heterocycles. The Morgan fingerprint density at radius 1 is 1.32 bits per heavy atom. The van der Waals surface area contributed by atoms with E-state index < -0.39 is 11.7 Å². The fraction of sp³-hybridized carbons (Fsp3) is 0.250. The molecule has 3 nitrogen and oxygen atoms in total. The summed E-state index contributed by atoms with van der Waals surface area (Å²) in [5.74, 6) is 0. The number of benzene rings is 1. The molecule has 0 fully saturated rings. The van der Waals surface area contributed by atoms with Gasteiger partial charge in [-0.1, -0.05) is 23.9 Å². The molecule has 0 amide bonds. The Hall–Kier alpha value is -1.47. The molecule has 0 aliphatic heterocycles. The normalized spacial score (nSPS) is 11.8. The van der Waals surface area contributed by atoms with Crippen molar-refractivity contribution in [3.63, 3.8) is 0 Å². The van der Waals surface area contributed by atoms with E-state index in [0.29, 0.717) is 10.9 Å². The number of hydrogen-bond acceptors (Lipinski definition) is 3. The summed E-state index contributed by atoms with van der Waals surface area (Å²) in [7, 11) is 1.65. The molecule has 1 aromatic carbocycles. The quantitative estimate of drug-likeness (QED) is 0.943. The fourth-order valence-corrected chi connectivity index (χ4v) is 2.55. The molecular formula is C12H11F3N2OS. The lowest BCUT2D eigenvalue weighted by molar-refractivity contribution is -0.139. The van der Waals surface area contributed by atoms with E-state index >= 15 is 0 Å². The SMILES string of the molecule is Cn1c(CO)cnc1Sc1ccccc1C(F)(F)F. The van der Waals surface area contributed by atoms with Gasteiger partial charge >= 0.3 is 6.18 Å². The number of alkyl halides is 3. The third kappa shape index (κ3) is 2.93. The minimum atomic E-state index is -4.39. The molecular weight excluding hydrogens is 277 g/mol. The van der Waals surface area contributed by atoms with Gasteiger partial charge in [-0.3, -0.25) is 0 Å². The molecule has 7 heteroatoms. The van der Waals surface area contributed by atoms with Crippen LogP contribution in [0.4, 0.5) is 13.2 Å². The maximum atomic E-state index is 12.8. The number of aliphatic hydroxyl groups excluding tert-OH is 1. The molecule has 1 heterocycles. The standard InChI is InChI=1S/C12H11F3N2OS/c1-17-8(7-18)6-16-11(17)19-10-5-3-2-4-9(10)12(13,14)15/h2-6,18H,7H2,1H3. The molecule has 0 spiro atoms. The Morgan fingerprint density at radius 3 is 2.58 bits per heavy atom. The molecule has 19 heavy (non-hydrogen) atoms. The number of halogens is 3. The maximum absolute atomic E-state index is 12.8. The molecule has 1 N–H and O–H groups in total. The average molecular weight is 288 g/mol. The molecule has 0 bridgehead atoms. The van der Waals surface area contributed by atoms with Crippen LogP contribution < -0.4 is 0 Å². The van der Waals surface area contributed by atoms with Crippen molar-refractivity contribution in [2.24, 2.45) is 7.05 Å². The van der Waals surface area contributed by atoms with Gasteiger partial charge < -0.3 is 9.67 Å². The van der Waals surface area contributed by atoms with Crippen molar-refractivity contribution in [3.05, 3.63) is 41.7 Å². The van der Waals surface area contributed by atoms with Crippen LogP contribution in [-0.2, 0) is 19.8 Å². The number of aliphatic hydroxyl groups is 1. The second kappa shape index (κ2) is 5.26. The molecule has 0 atom stereocenters. The fourth-order valence-electron chi connectivity index (χ4n) is 1.56. The van der Waals surface area contributed by atoms with Crippen molar-refractivity contribution in [1.82, 2.24) is 9.55 Å². The molecule has 2 rings (SSSR count). The van der Waals surface area contributed by atoms with Crippen molar-refractivity contribution in [2.45, 2.75) is 22.8 Å². The van der Waals surface area contributed by atoms with E-state index in [2.05, 4.69) is 4.98 Å². The van der Waals surface area contributed by atoms with Crippen LogP contribution in [0.3, 0.4) is 0 Å². The first kappa shape index (κ1) is 14.0. The van der Waals surface area contributed by atoms with Crippen molar-refractivity contribution in [2.75, 3.05) is 0 Å². The molecule has 0 aliphatic rings. The van der Waals surface area contributed by atoms with E-state index in [1.807, 2.05) is 0 Å². The second-order valence-electron chi connectivity index (χ2n) is 3.85. The molecule has 0 unspecified atom stereocenters. The lowest BCUT2D eigenvalue weighted by Crippen LogP contribution is -2.06. The number of rotatable bonds is 3. The largest absolute Gasteiger partial charge is 0.417 e. The van der Waals surface area contributed by atoms with E-state index in [0.717, 1.165) is 17.8 Å². The minimum absolute atomic E-state index is 0.0909. The first-order chi connectivity index (χ1) is 8.93. The monoisotopic (exact) mass is 288 g/mol. The van der Waals surface area contributed by atoms with Crippen molar-refractivity contribution in [3.8, 4) is 0 Å². The van der Waals surface area contributed by atoms with Gasteiger partial charge in [-0.25, -0.2) is 4.98 Å². The molecule has 2 aromatic rings. The van der Waals surface area contributed by atoms with Crippen molar-refractivity contribution >= 4 is 11.8 Å². The summed E-state index contributed by atoms with van der Waals surface area (Å²) in [5, 5.41) is 9.44. The van der Waals surface area contributed by atoms with Gasteiger partial charge in [-0.05, 0) is 12.1 Å². The van der Waals surface area contributed by atoms with E-state index in [1.165, 1.54) is 18.3 Å². The number of nitrogens with zero attached hydrogens (tertiary/aromatic N) is 2. The third-order valence-corrected chi connectivity index (χ3v) is 3.74. The summed E-state index contributed by atoms with van der Waals surface area (Å²) in [6, 6.07) is 5.34. The van der Waals surface area contributed by atoms with E-state index in [1.54, 1.807) is 17.7 Å². The van der Waals surface area contributed by atoms with Crippen LogP contribution in [0, 0.1) is 0 Å². The van der Waals surface area contributed by atoms with Gasteiger partial charge in [0.25, 0.3) is 0 Å². The van der Waals surface area contributed by atoms with E-state index in [9.17, 15) is 13.2 Å². The highest BCUT2D eigenvalue weighted by atomic mass is 32.2. The highest BCUT2D eigenvalue weighted by molar-refractivity contribution is 7.99. The smallest absolute Gasteiger partial charge is 0.390 e. The molecule has 0 radical (unpaired) electrons. The van der Waals surface area contributed by atoms with Gasteiger partial charge in [-0.2, -0.15) is 13.2 Å². The average Bonchev–Trinajstić information content (AvgIpc) is 2.70.